The molecule has 1 amide bonds. The number of rotatable bonds is 7. The van der Waals surface area contributed by atoms with E-state index in [4.69, 9.17) is 17.3 Å². The highest BCUT2D eigenvalue weighted by molar-refractivity contribution is 6.33. The molecule has 0 aliphatic heterocycles. The molecule has 1 aliphatic rings. The van der Waals surface area contributed by atoms with Crippen LogP contribution in [-0.2, 0) is 4.79 Å². The van der Waals surface area contributed by atoms with E-state index in [1.165, 1.54) is 0 Å². The highest BCUT2D eigenvalue weighted by Gasteiger charge is 2.29. The fourth-order valence-electron chi connectivity index (χ4n) is 4.11. The third kappa shape index (κ3) is 4.85. The van der Waals surface area contributed by atoms with Crippen molar-refractivity contribution < 1.29 is 13.6 Å². The van der Waals surface area contributed by atoms with Crippen molar-refractivity contribution in [3.63, 3.8) is 0 Å². The Morgan fingerprint density at radius 3 is 2.64 bits per heavy atom. The van der Waals surface area contributed by atoms with Crippen LogP contribution in [0.5, 0.6) is 0 Å². The molecule has 0 radical (unpaired) electrons. The van der Waals surface area contributed by atoms with Gasteiger partial charge < -0.3 is 16.4 Å². The van der Waals surface area contributed by atoms with Gasteiger partial charge in [-0.25, -0.2) is 18.7 Å². The number of imidazole rings is 1. The van der Waals surface area contributed by atoms with E-state index < -0.39 is 11.6 Å². The number of aromatic nitrogens is 4. The molecule has 8 nitrogen and oxygen atoms in total. The fraction of sp³-hybridized carbons (Fsp3) is 0.455. The average Bonchev–Trinajstić information content (AvgIpc) is 3.13. The second kappa shape index (κ2) is 9.46. The minimum Gasteiger partial charge on any atom is -0.369 e. The molecule has 1 aliphatic carbocycles. The summed E-state index contributed by atoms with van der Waals surface area (Å²) in [6.45, 7) is 4.09. The van der Waals surface area contributed by atoms with Crippen LogP contribution in [0.2, 0.25) is 5.02 Å². The predicted octanol–water partition coefficient (Wildman–Crippen LogP) is 4.93. The summed E-state index contributed by atoms with van der Waals surface area (Å²) >= 11 is 6.11. The van der Waals surface area contributed by atoms with E-state index in [1.54, 1.807) is 6.20 Å². The number of hydrogen-bond donors (Lipinski definition) is 3. The molecule has 4 N–H and O–H groups in total. The smallest absolute Gasteiger partial charge is 0.224 e. The van der Waals surface area contributed by atoms with E-state index in [9.17, 15) is 13.6 Å². The number of hydrogen-bond acceptors (Lipinski definition) is 6. The van der Waals surface area contributed by atoms with Crippen LogP contribution >= 0.6 is 11.6 Å². The van der Waals surface area contributed by atoms with Crippen molar-refractivity contribution >= 4 is 46.3 Å². The molecule has 0 spiro atoms. The SMILES string of the molecule is CCC(C)Nc1ncc2nc(Nc3c(F)cc(F)cc3Cl)n(C3CCC(C(N)=O)CC3)c2n1. The number of amides is 1. The summed E-state index contributed by atoms with van der Waals surface area (Å²) in [5.74, 6) is -1.30. The summed E-state index contributed by atoms with van der Waals surface area (Å²) in [6.07, 6.45) is 5.11. The van der Waals surface area contributed by atoms with Crippen molar-refractivity contribution in [2.75, 3.05) is 10.6 Å². The molecule has 1 atom stereocenters. The Kier molecular flexibility index (Phi) is 6.64. The quantitative estimate of drug-likeness (QED) is 0.445. The normalized spacial score (nSPS) is 19.4. The lowest BCUT2D eigenvalue weighted by Crippen LogP contribution is -2.29. The first-order valence-corrected chi connectivity index (χ1v) is 11.4. The van der Waals surface area contributed by atoms with Crippen LogP contribution in [0.1, 0.15) is 52.0 Å². The lowest BCUT2D eigenvalue weighted by molar-refractivity contribution is -0.122. The summed E-state index contributed by atoms with van der Waals surface area (Å²) in [4.78, 5) is 25.2. The highest BCUT2D eigenvalue weighted by Crippen LogP contribution is 2.38. The fourth-order valence-corrected chi connectivity index (χ4v) is 4.35. The zero-order valence-corrected chi connectivity index (χ0v) is 19.2. The number of anilines is 3. The molecule has 4 rings (SSSR count). The molecule has 33 heavy (non-hydrogen) atoms. The summed E-state index contributed by atoms with van der Waals surface area (Å²) in [5.41, 5.74) is 6.50. The second-order valence-electron chi connectivity index (χ2n) is 8.44. The van der Waals surface area contributed by atoms with Gasteiger partial charge in [-0.15, -0.1) is 0 Å². The van der Waals surface area contributed by atoms with Gasteiger partial charge in [-0.05, 0) is 45.1 Å². The standard InChI is InChI=1S/C22H26ClF2N7O/c1-3-11(2)28-21-27-10-17-20(31-21)32(14-6-4-12(5-7-14)19(26)33)22(29-17)30-18-15(23)8-13(24)9-16(18)25/h8-12,14H,3-7H2,1-2H3,(H2,26,33)(H,29,30)(H,27,28,31). The minimum absolute atomic E-state index is 0.0540. The molecule has 1 fully saturated rings. The summed E-state index contributed by atoms with van der Waals surface area (Å²) in [7, 11) is 0. The Balaban J connectivity index is 1.77. The number of carbonyl (C=O) groups excluding carboxylic acids is 1. The van der Waals surface area contributed by atoms with Gasteiger partial charge >= 0.3 is 0 Å². The van der Waals surface area contributed by atoms with E-state index in [0.29, 0.717) is 48.7 Å². The number of halogens is 3. The van der Waals surface area contributed by atoms with Gasteiger partial charge in [0, 0.05) is 24.1 Å². The zero-order chi connectivity index (χ0) is 23.7. The molecule has 176 valence electrons. The molecule has 2 heterocycles. The van der Waals surface area contributed by atoms with Crippen LogP contribution in [-0.4, -0.2) is 31.5 Å². The second-order valence-corrected chi connectivity index (χ2v) is 8.85. The van der Waals surface area contributed by atoms with Gasteiger partial charge in [0.05, 0.1) is 16.9 Å². The molecule has 0 saturated heterocycles. The average molecular weight is 478 g/mol. The maximum absolute atomic E-state index is 14.5. The van der Waals surface area contributed by atoms with Gasteiger partial charge in [0.2, 0.25) is 17.8 Å². The lowest BCUT2D eigenvalue weighted by Gasteiger charge is -2.29. The Labute approximate surface area is 194 Å². The Morgan fingerprint density at radius 1 is 1.27 bits per heavy atom. The zero-order valence-electron chi connectivity index (χ0n) is 18.4. The predicted molar refractivity (Wildman–Crippen MR) is 124 cm³/mol. The van der Waals surface area contributed by atoms with Crippen molar-refractivity contribution in [3.05, 3.63) is 35.0 Å². The maximum atomic E-state index is 14.5. The number of nitrogens with zero attached hydrogens (tertiary/aromatic N) is 4. The highest BCUT2D eigenvalue weighted by atomic mass is 35.5. The van der Waals surface area contributed by atoms with Crippen LogP contribution in [0.4, 0.5) is 26.4 Å². The maximum Gasteiger partial charge on any atom is 0.224 e. The van der Waals surface area contributed by atoms with Crippen molar-refractivity contribution in [1.82, 2.24) is 19.5 Å². The van der Waals surface area contributed by atoms with Crippen molar-refractivity contribution in [2.24, 2.45) is 11.7 Å². The molecule has 1 unspecified atom stereocenters. The third-order valence-corrected chi connectivity index (χ3v) is 6.43. The number of nitrogens with one attached hydrogen (secondary N) is 2. The van der Waals surface area contributed by atoms with E-state index >= 15 is 0 Å². The van der Waals surface area contributed by atoms with Crippen LogP contribution in [0.3, 0.4) is 0 Å². The third-order valence-electron chi connectivity index (χ3n) is 6.13. The van der Waals surface area contributed by atoms with Gasteiger partial charge in [0.1, 0.15) is 11.3 Å². The number of fused-ring (bicyclic) bond motifs is 1. The summed E-state index contributed by atoms with van der Waals surface area (Å²) in [5, 5.41) is 6.08. The molecule has 2 aromatic heterocycles. The van der Waals surface area contributed by atoms with Crippen molar-refractivity contribution in [3.8, 4) is 0 Å². The van der Waals surface area contributed by atoms with Crippen LogP contribution in [0.15, 0.2) is 18.3 Å². The first-order valence-electron chi connectivity index (χ1n) is 11.0. The Hall–Kier alpha value is -3.01. The number of benzene rings is 1. The molecule has 0 bridgehead atoms. The molecule has 11 heteroatoms. The van der Waals surface area contributed by atoms with Crippen LogP contribution in [0.25, 0.3) is 11.2 Å². The van der Waals surface area contributed by atoms with Crippen molar-refractivity contribution in [2.45, 2.75) is 58.0 Å². The summed E-state index contributed by atoms with van der Waals surface area (Å²) in [6, 6.07) is 1.91. The lowest BCUT2D eigenvalue weighted by atomic mass is 9.85. The molecular formula is C22H26ClF2N7O. The van der Waals surface area contributed by atoms with E-state index in [2.05, 4.69) is 32.5 Å². The Morgan fingerprint density at radius 2 is 2.00 bits per heavy atom. The van der Waals surface area contributed by atoms with E-state index in [0.717, 1.165) is 18.6 Å². The summed E-state index contributed by atoms with van der Waals surface area (Å²) < 4.78 is 29.9. The topological polar surface area (TPSA) is 111 Å². The monoisotopic (exact) mass is 477 g/mol. The van der Waals surface area contributed by atoms with Gasteiger partial charge in [-0.2, -0.15) is 4.98 Å². The largest absolute Gasteiger partial charge is 0.369 e. The number of nitrogens with two attached hydrogens (primary N) is 1. The van der Waals surface area contributed by atoms with E-state index in [-0.39, 0.29) is 34.6 Å². The molecule has 1 saturated carbocycles. The van der Waals surface area contributed by atoms with Crippen molar-refractivity contribution in [1.29, 1.82) is 0 Å². The molecular weight excluding hydrogens is 452 g/mol. The number of carbonyl (C=O) groups is 1. The van der Waals surface area contributed by atoms with Crippen LogP contribution in [0, 0.1) is 17.6 Å². The van der Waals surface area contributed by atoms with Gasteiger partial charge in [0.15, 0.2) is 11.5 Å². The molecule has 1 aromatic carbocycles. The Bertz CT molecular complexity index is 1150. The van der Waals surface area contributed by atoms with Crippen LogP contribution < -0.4 is 16.4 Å². The van der Waals surface area contributed by atoms with E-state index in [1.807, 2.05) is 11.5 Å². The molecule has 3 aromatic rings. The number of primary amides is 1. The van der Waals surface area contributed by atoms with Gasteiger partial charge in [-0.1, -0.05) is 18.5 Å². The minimum atomic E-state index is -0.832. The van der Waals surface area contributed by atoms with Gasteiger partial charge in [0.25, 0.3) is 0 Å². The van der Waals surface area contributed by atoms with Gasteiger partial charge in [-0.3, -0.25) is 9.36 Å². The first-order chi connectivity index (χ1) is 15.8. The first kappa shape index (κ1) is 23.2.